The summed E-state index contributed by atoms with van der Waals surface area (Å²) in [4.78, 5) is 2.48. The van der Waals surface area contributed by atoms with Crippen LogP contribution in [0.2, 0.25) is 0 Å². The Morgan fingerprint density at radius 2 is 0.809 bits per heavy atom. The number of benzene rings is 12. The summed E-state index contributed by atoms with van der Waals surface area (Å²) < 4.78 is 2.39. The van der Waals surface area contributed by atoms with Crippen LogP contribution in [0.1, 0.15) is 0 Å². The van der Waals surface area contributed by atoms with Gasteiger partial charge >= 0.3 is 0 Å². The quantitative estimate of drug-likeness (QED) is 0.138. The largest absolute Gasteiger partial charge is 0.309 e. The highest BCUT2D eigenvalue weighted by molar-refractivity contribution is 6.14. The molecule has 0 saturated heterocycles. The van der Waals surface area contributed by atoms with Crippen LogP contribution in [-0.2, 0) is 0 Å². The second kappa shape index (κ2) is 16.5. The third-order valence-corrected chi connectivity index (χ3v) is 13.8. The Labute approximate surface area is 395 Å². The second-order valence-electron chi connectivity index (χ2n) is 17.6. The van der Waals surface area contributed by atoms with E-state index in [0.717, 1.165) is 39.4 Å². The minimum absolute atomic E-state index is 1.07. The zero-order chi connectivity index (χ0) is 45.0. The van der Waals surface area contributed by atoms with Crippen molar-refractivity contribution >= 4 is 71.2 Å². The van der Waals surface area contributed by atoms with Gasteiger partial charge in [0.25, 0.3) is 0 Å². The fourth-order valence-corrected chi connectivity index (χ4v) is 10.7. The SMILES string of the molecule is c1ccc(-c2cccc3cccc(-c4ccccc4N(c4ccc(-c5cccc6c5ccc5ccccc56)cc4)c4ccccc4-c4ccc5c(c4)c4ccccc4n5-c4ccccc4)c23)cc1. The van der Waals surface area contributed by atoms with Crippen LogP contribution in [0.5, 0.6) is 0 Å². The smallest absolute Gasteiger partial charge is 0.0541 e. The van der Waals surface area contributed by atoms with Crippen molar-refractivity contribution < 1.29 is 0 Å². The zero-order valence-corrected chi connectivity index (χ0v) is 37.3. The van der Waals surface area contributed by atoms with Crippen molar-refractivity contribution in [3.05, 3.63) is 267 Å². The molecule has 12 aromatic carbocycles. The van der Waals surface area contributed by atoms with Crippen LogP contribution in [0.15, 0.2) is 267 Å². The Balaban J connectivity index is 1.03. The van der Waals surface area contributed by atoms with Crippen LogP contribution >= 0.6 is 0 Å². The van der Waals surface area contributed by atoms with Gasteiger partial charge in [0.2, 0.25) is 0 Å². The molecule has 0 atom stereocenters. The lowest BCUT2D eigenvalue weighted by atomic mass is 9.90. The highest BCUT2D eigenvalue weighted by Crippen LogP contribution is 2.48. The molecule has 0 radical (unpaired) electrons. The first-order valence-electron chi connectivity index (χ1n) is 23.4. The Morgan fingerprint density at radius 3 is 1.62 bits per heavy atom. The van der Waals surface area contributed by atoms with Crippen LogP contribution in [0.3, 0.4) is 0 Å². The summed E-state index contributed by atoms with van der Waals surface area (Å²) in [6.07, 6.45) is 0. The number of fused-ring (bicyclic) bond motifs is 7. The van der Waals surface area contributed by atoms with E-state index < -0.39 is 0 Å². The van der Waals surface area contributed by atoms with Crippen LogP contribution in [0.4, 0.5) is 17.1 Å². The summed E-state index contributed by atoms with van der Waals surface area (Å²) in [5, 5.41) is 9.94. The number of anilines is 3. The molecule has 318 valence electrons. The summed E-state index contributed by atoms with van der Waals surface area (Å²) >= 11 is 0. The first-order valence-corrected chi connectivity index (χ1v) is 23.4. The van der Waals surface area contributed by atoms with Crippen molar-refractivity contribution in [1.82, 2.24) is 4.57 Å². The van der Waals surface area contributed by atoms with E-state index >= 15 is 0 Å². The number of rotatable bonds is 8. The van der Waals surface area contributed by atoms with Crippen LogP contribution in [0.25, 0.3) is 104 Å². The Morgan fingerprint density at radius 1 is 0.265 bits per heavy atom. The molecule has 0 bridgehead atoms. The van der Waals surface area contributed by atoms with E-state index in [4.69, 9.17) is 0 Å². The summed E-state index contributed by atoms with van der Waals surface area (Å²) in [5.41, 5.74) is 16.3. The van der Waals surface area contributed by atoms with Gasteiger partial charge in [-0.1, -0.05) is 212 Å². The maximum Gasteiger partial charge on any atom is 0.0541 e. The lowest BCUT2D eigenvalue weighted by molar-refractivity contribution is 1.18. The molecule has 0 saturated carbocycles. The summed E-state index contributed by atoms with van der Waals surface area (Å²) in [7, 11) is 0. The predicted octanol–water partition coefficient (Wildman–Crippen LogP) is 18.4. The molecule has 0 unspecified atom stereocenters. The number of hydrogen-bond acceptors (Lipinski definition) is 1. The number of aromatic nitrogens is 1. The standard InChI is InChI=1S/C66H44N2/c1-3-18-45(19-4-1)55-30-15-21-48-22-16-32-60(66(48)55)58-27-10-13-34-63(58)68(51-40-36-47(37-41-51)53-29-17-31-56-52-25-8-7-20-46(52)38-42-57(53)56)62-33-12-9-26-54(62)49-39-43-65-61(44-49)59-28-11-14-35-64(59)67(65)50-23-5-2-6-24-50/h1-44H. The van der Waals surface area contributed by atoms with Crippen LogP contribution < -0.4 is 4.90 Å². The van der Waals surface area contributed by atoms with Crippen molar-refractivity contribution in [2.75, 3.05) is 4.90 Å². The summed E-state index contributed by atoms with van der Waals surface area (Å²) in [6.45, 7) is 0. The molecule has 1 aromatic heterocycles. The van der Waals surface area contributed by atoms with Gasteiger partial charge in [0.1, 0.15) is 0 Å². The molecule has 1 heterocycles. The average Bonchev–Trinajstić information content (AvgIpc) is 3.75. The van der Waals surface area contributed by atoms with Gasteiger partial charge in [0, 0.05) is 33.3 Å². The molecule has 13 aromatic rings. The van der Waals surface area contributed by atoms with Crippen molar-refractivity contribution in [2.24, 2.45) is 0 Å². The fraction of sp³-hybridized carbons (Fsp3) is 0. The predicted molar refractivity (Wildman–Crippen MR) is 290 cm³/mol. The first-order chi connectivity index (χ1) is 33.8. The summed E-state index contributed by atoms with van der Waals surface area (Å²) in [6, 6.07) is 97.6. The maximum atomic E-state index is 2.48. The van der Waals surface area contributed by atoms with E-state index in [1.165, 1.54) is 81.9 Å². The van der Waals surface area contributed by atoms with Crippen molar-refractivity contribution in [3.63, 3.8) is 0 Å². The molecule has 13 rings (SSSR count). The molecule has 68 heavy (non-hydrogen) atoms. The molecule has 2 nitrogen and oxygen atoms in total. The van der Waals surface area contributed by atoms with Gasteiger partial charge in [0.05, 0.1) is 22.4 Å². The Bertz CT molecular complexity index is 4010. The van der Waals surface area contributed by atoms with Gasteiger partial charge in [-0.15, -0.1) is 0 Å². The van der Waals surface area contributed by atoms with Crippen LogP contribution in [0, 0.1) is 0 Å². The normalized spacial score (nSPS) is 11.5. The topological polar surface area (TPSA) is 8.17 Å². The molecule has 0 spiro atoms. The van der Waals surface area contributed by atoms with Gasteiger partial charge in [-0.3, -0.25) is 0 Å². The third-order valence-electron chi connectivity index (χ3n) is 13.8. The highest BCUT2D eigenvalue weighted by Gasteiger charge is 2.23. The zero-order valence-electron chi connectivity index (χ0n) is 37.3. The van der Waals surface area contributed by atoms with E-state index in [-0.39, 0.29) is 0 Å². The fourth-order valence-electron chi connectivity index (χ4n) is 10.7. The molecule has 0 aliphatic rings. The minimum atomic E-state index is 1.07. The van der Waals surface area contributed by atoms with Gasteiger partial charge in [-0.05, 0) is 120 Å². The summed E-state index contributed by atoms with van der Waals surface area (Å²) in [5.74, 6) is 0. The number of para-hydroxylation sites is 4. The number of nitrogens with zero attached hydrogens (tertiary/aromatic N) is 2. The third kappa shape index (κ3) is 6.57. The van der Waals surface area contributed by atoms with E-state index in [1.54, 1.807) is 0 Å². The van der Waals surface area contributed by atoms with Gasteiger partial charge in [-0.25, -0.2) is 0 Å². The van der Waals surface area contributed by atoms with Crippen molar-refractivity contribution in [3.8, 4) is 50.2 Å². The Hall–Kier alpha value is -8.98. The van der Waals surface area contributed by atoms with E-state index in [9.17, 15) is 0 Å². The monoisotopic (exact) mass is 864 g/mol. The van der Waals surface area contributed by atoms with E-state index in [2.05, 4.69) is 276 Å². The first kappa shape index (κ1) is 39.4. The molecule has 0 fully saturated rings. The van der Waals surface area contributed by atoms with E-state index in [0.29, 0.717) is 0 Å². The second-order valence-corrected chi connectivity index (χ2v) is 17.6. The van der Waals surface area contributed by atoms with Gasteiger partial charge < -0.3 is 9.47 Å². The average molecular weight is 865 g/mol. The molecule has 0 N–H and O–H groups in total. The molecule has 0 aliphatic carbocycles. The Kier molecular flexibility index (Phi) is 9.54. The van der Waals surface area contributed by atoms with Crippen molar-refractivity contribution in [2.45, 2.75) is 0 Å². The van der Waals surface area contributed by atoms with Gasteiger partial charge in [0.15, 0.2) is 0 Å². The minimum Gasteiger partial charge on any atom is -0.309 e. The molecule has 0 aliphatic heterocycles. The lowest BCUT2D eigenvalue weighted by Crippen LogP contribution is -2.12. The molecular weight excluding hydrogens is 821 g/mol. The van der Waals surface area contributed by atoms with Crippen molar-refractivity contribution in [1.29, 1.82) is 0 Å². The lowest BCUT2D eigenvalue weighted by Gasteiger charge is -2.30. The molecule has 2 heteroatoms. The highest BCUT2D eigenvalue weighted by atomic mass is 15.1. The number of hydrogen-bond donors (Lipinski definition) is 0. The molecular formula is C66H44N2. The van der Waals surface area contributed by atoms with E-state index in [1.807, 2.05) is 0 Å². The maximum absolute atomic E-state index is 2.48. The van der Waals surface area contributed by atoms with Gasteiger partial charge in [-0.2, -0.15) is 0 Å². The van der Waals surface area contributed by atoms with Crippen LogP contribution in [-0.4, -0.2) is 4.57 Å². The molecule has 0 amide bonds.